The lowest BCUT2D eigenvalue weighted by atomic mass is 10.1. The summed E-state index contributed by atoms with van der Waals surface area (Å²) in [6.07, 6.45) is -3.68. The van der Waals surface area contributed by atoms with E-state index in [-0.39, 0.29) is 35.1 Å². The summed E-state index contributed by atoms with van der Waals surface area (Å²) in [4.78, 5) is 29.8. The van der Waals surface area contributed by atoms with Crippen molar-refractivity contribution >= 4 is 50.8 Å². The molecule has 0 saturated carbocycles. The molecule has 0 aliphatic carbocycles. The molecule has 0 radical (unpaired) electrons. The van der Waals surface area contributed by atoms with Crippen LogP contribution in [0.5, 0.6) is 5.75 Å². The molecule has 4 rings (SSSR count). The van der Waals surface area contributed by atoms with Crippen molar-refractivity contribution in [3.05, 3.63) is 83.4 Å². The molecule has 216 valence electrons. The quantitative estimate of drug-likeness (QED) is 0.170. The number of amides is 2. The minimum absolute atomic E-state index is 0.118. The van der Waals surface area contributed by atoms with Crippen molar-refractivity contribution in [2.45, 2.75) is 56.3 Å². The van der Waals surface area contributed by atoms with Crippen molar-refractivity contribution in [3.63, 3.8) is 0 Å². The average molecular weight is 602 g/mol. The molecule has 0 bridgehead atoms. The summed E-state index contributed by atoms with van der Waals surface area (Å²) in [5, 5.41) is 5.64. The molecule has 3 aromatic carbocycles. The number of halogens is 3. The van der Waals surface area contributed by atoms with Gasteiger partial charge in [-0.25, -0.2) is 4.98 Å². The molecule has 41 heavy (non-hydrogen) atoms. The predicted molar refractivity (Wildman–Crippen MR) is 158 cm³/mol. The van der Waals surface area contributed by atoms with Crippen LogP contribution in [0.2, 0.25) is 0 Å². The molecule has 0 spiro atoms. The summed E-state index contributed by atoms with van der Waals surface area (Å²) in [6.45, 7) is 5.56. The van der Waals surface area contributed by atoms with Crippen LogP contribution in [0.1, 0.15) is 61.1 Å². The van der Waals surface area contributed by atoms with Crippen molar-refractivity contribution in [1.29, 1.82) is 0 Å². The van der Waals surface area contributed by atoms with Crippen LogP contribution in [-0.2, 0) is 11.0 Å². The Hall–Kier alpha value is -3.57. The van der Waals surface area contributed by atoms with E-state index in [9.17, 15) is 22.8 Å². The minimum Gasteiger partial charge on any atom is -0.490 e. The highest BCUT2D eigenvalue weighted by atomic mass is 32.2. The topological polar surface area (TPSA) is 80.3 Å². The zero-order valence-corrected chi connectivity index (χ0v) is 24.4. The van der Waals surface area contributed by atoms with Gasteiger partial charge in [0.15, 0.2) is 4.34 Å². The molecule has 1 heterocycles. The van der Waals surface area contributed by atoms with Crippen molar-refractivity contribution in [3.8, 4) is 5.75 Å². The molecule has 0 fully saturated rings. The number of hydrogen-bond donors (Lipinski definition) is 2. The van der Waals surface area contributed by atoms with Gasteiger partial charge in [0, 0.05) is 11.3 Å². The number of nitrogens with one attached hydrogen (secondary N) is 2. The molecule has 6 nitrogen and oxygen atoms in total. The van der Waals surface area contributed by atoms with Crippen LogP contribution in [-0.4, -0.2) is 28.7 Å². The largest absolute Gasteiger partial charge is 0.490 e. The Bertz CT molecular complexity index is 1510. The van der Waals surface area contributed by atoms with Gasteiger partial charge in [-0.05, 0) is 62.2 Å². The third kappa shape index (κ3) is 8.23. The van der Waals surface area contributed by atoms with Gasteiger partial charge in [-0.1, -0.05) is 55.4 Å². The number of nitrogens with zero attached hydrogens (tertiary/aromatic N) is 1. The molecule has 4 aromatic rings. The number of rotatable bonds is 11. The van der Waals surface area contributed by atoms with Crippen LogP contribution in [0.25, 0.3) is 10.2 Å². The number of aromatic nitrogens is 1. The van der Waals surface area contributed by atoms with E-state index in [0.29, 0.717) is 22.0 Å². The summed E-state index contributed by atoms with van der Waals surface area (Å²) in [7, 11) is 0. The summed E-state index contributed by atoms with van der Waals surface area (Å²) in [5.74, 6) is -0.896. The Balaban J connectivity index is 1.40. The molecular formula is C30H30F3N3O3S2. The number of thioether (sulfide) groups is 1. The maximum Gasteiger partial charge on any atom is 0.419 e. The lowest BCUT2D eigenvalue weighted by molar-refractivity contribution is -0.139. The Morgan fingerprint density at radius 3 is 2.51 bits per heavy atom. The molecule has 0 aliphatic heterocycles. The van der Waals surface area contributed by atoms with E-state index < -0.39 is 17.6 Å². The lowest BCUT2D eigenvalue weighted by Crippen LogP contribution is -2.28. The number of ether oxygens (including phenoxy) is 1. The van der Waals surface area contributed by atoms with E-state index in [1.807, 2.05) is 44.2 Å². The molecule has 2 atom stereocenters. The van der Waals surface area contributed by atoms with Gasteiger partial charge < -0.3 is 15.4 Å². The fraction of sp³-hybridized carbons (Fsp3) is 0.300. The number of carbonyl (C=O) groups is 2. The Morgan fingerprint density at radius 2 is 1.80 bits per heavy atom. The number of anilines is 1. The van der Waals surface area contributed by atoms with Crippen LogP contribution >= 0.6 is 23.1 Å². The van der Waals surface area contributed by atoms with Gasteiger partial charge in [-0.2, -0.15) is 13.2 Å². The van der Waals surface area contributed by atoms with Crippen LogP contribution in [0.3, 0.4) is 0 Å². The molecule has 0 saturated heterocycles. The van der Waals surface area contributed by atoms with E-state index in [4.69, 9.17) is 4.74 Å². The first-order chi connectivity index (χ1) is 19.5. The van der Waals surface area contributed by atoms with Crippen molar-refractivity contribution in [2.24, 2.45) is 0 Å². The first-order valence-corrected chi connectivity index (χ1v) is 14.9. The number of alkyl halides is 3. The van der Waals surface area contributed by atoms with Gasteiger partial charge >= 0.3 is 6.18 Å². The monoisotopic (exact) mass is 601 g/mol. The summed E-state index contributed by atoms with van der Waals surface area (Å²) in [6, 6.07) is 17.9. The average Bonchev–Trinajstić information content (AvgIpc) is 3.34. The normalized spacial score (nSPS) is 13.0. The summed E-state index contributed by atoms with van der Waals surface area (Å²) < 4.78 is 48.2. The smallest absolute Gasteiger partial charge is 0.419 e. The second-order valence-corrected chi connectivity index (χ2v) is 11.8. The van der Waals surface area contributed by atoms with Crippen molar-refractivity contribution in [2.75, 3.05) is 11.1 Å². The number of benzene rings is 3. The number of thiazole rings is 1. The van der Waals surface area contributed by atoms with Gasteiger partial charge in [-0.3, -0.25) is 9.59 Å². The maximum absolute atomic E-state index is 13.7. The first-order valence-electron chi connectivity index (χ1n) is 13.1. The van der Waals surface area contributed by atoms with E-state index in [1.54, 1.807) is 25.1 Å². The second-order valence-electron chi connectivity index (χ2n) is 9.53. The number of fused-ring (bicyclic) bond motifs is 1. The fourth-order valence-corrected chi connectivity index (χ4v) is 6.08. The molecule has 2 N–H and O–H groups in total. The third-order valence-corrected chi connectivity index (χ3v) is 8.36. The molecule has 2 amide bonds. The number of hydrogen-bond acceptors (Lipinski definition) is 6. The minimum atomic E-state index is -4.68. The Morgan fingerprint density at radius 1 is 1.05 bits per heavy atom. The van der Waals surface area contributed by atoms with Gasteiger partial charge in [0.1, 0.15) is 5.75 Å². The van der Waals surface area contributed by atoms with E-state index in [2.05, 4.69) is 15.6 Å². The molecule has 1 unspecified atom stereocenters. The predicted octanol–water partition coefficient (Wildman–Crippen LogP) is 8.10. The van der Waals surface area contributed by atoms with Gasteiger partial charge in [0.25, 0.3) is 5.91 Å². The standard InChI is InChI=1S/C30H30F3N3O3S2/c1-4-8-18(2)39-25-14-11-21(15-23(25)30(31,32)33)28(38)35-22-12-13-24-26(16-22)41-29(36-24)40-17-27(37)34-19(3)20-9-6-5-7-10-20/h5-7,9-16,18-19H,4,8,17H2,1-3H3,(H,34,37)(H,35,38)/t18?,19-/m0/s1. The third-order valence-electron chi connectivity index (χ3n) is 6.20. The highest BCUT2D eigenvalue weighted by Crippen LogP contribution is 2.38. The van der Waals surface area contributed by atoms with Gasteiger partial charge in [0.05, 0.1) is 33.7 Å². The zero-order chi connectivity index (χ0) is 29.6. The lowest BCUT2D eigenvalue weighted by Gasteiger charge is -2.19. The maximum atomic E-state index is 13.7. The highest BCUT2D eigenvalue weighted by Gasteiger charge is 2.35. The van der Waals surface area contributed by atoms with Gasteiger partial charge in [-0.15, -0.1) is 11.3 Å². The fourth-order valence-electron chi connectivity index (χ4n) is 4.16. The van der Waals surface area contributed by atoms with Crippen molar-refractivity contribution < 1.29 is 27.5 Å². The van der Waals surface area contributed by atoms with E-state index in [1.165, 1.54) is 35.2 Å². The molecular weight excluding hydrogens is 571 g/mol. The first kappa shape index (κ1) is 30.4. The molecule has 11 heteroatoms. The SMILES string of the molecule is CCCC(C)Oc1ccc(C(=O)Nc2ccc3nc(SCC(=O)N[C@@H](C)c4ccccc4)sc3c2)cc1C(F)(F)F. The van der Waals surface area contributed by atoms with Gasteiger partial charge in [0.2, 0.25) is 5.91 Å². The number of carbonyl (C=O) groups excluding carboxylic acids is 2. The molecule has 1 aromatic heterocycles. The van der Waals surface area contributed by atoms with E-state index in [0.717, 1.165) is 22.8 Å². The Labute approximate surface area is 244 Å². The van der Waals surface area contributed by atoms with E-state index >= 15 is 0 Å². The Kier molecular flexibility index (Phi) is 9.93. The van der Waals surface area contributed by atoms with Crippen LogP contribution in [0.4, 0.5) is 18.9 Å². The van der Waals surface area contributed by atoms with Crippen molar-refractivity contribution in [1.82, 2.24) is 10.3 Å². The highest BCUT2D eigenvalue weighted by molar-refractivity contribution is 8.01. The second kappa shape index (κ2) is 13.4. The summed E-state index contributed by atoms with van der Waals surface area (Å²) in [5.41, 5.74) is 0.998. The summed E-state index contributed by atoms with van der Waals surface area (Å²) >= 11 is 2.67. The van der Waals surface area contributed by atoms with Crippen LogP contribution in [0.15, 0.2) is 71.1 Å². The molecule has 0 aliphatic rings. The van der Waals surface area contributed by atoms with Crippen LogP contribution in [0, 0.1) is 0 Å². The van der Waals surface area contributed by atoms with Crippen LogP contribution < -0.4 is 15.4 Å². The zero-order valence-electron chi connectivity index (χ0n) is 22.7.